The molecule has 17 heavy (non-hydrogen) atoms. The zero-order valence-electron chi connectivity index (χ0n) is 9.08. The Morgan fingerprint density at radius 1 is 1.12 bits per heavy atom. The van der Waals surface area contributed by atoms with Crippen LogP contribution in [0.3, 0.4) is 0 Å². The molecule has 0 aliphatic carbocycles. The first kappa shape index (κ1) is 10.4. The number of benzene rings is 1. The third-order valence-electron chi connectivity index (χ3n) is 2.76. The molecule has 0 spiro atoms. The molecule has 2 aromatic heterocycles. The molecule has 1 unspecified atom stereocenters. The van der Waals surface area contributed by atoms with E-state index in [1.54, 1.807) is 17.5 Å². The standard InChI is InChI=1S/C14H11NOS/c16-14(13-4-2-8-17-13)11-5-6-12-10(9-11)3-1-7-15-12/h1-9,14,16H. The number of hydrogen-bond acceptors (Lipinski definition) is 3. The van der Waals surface area contributed by atoms with Crippen molar-refractivity contribution in [2.75, 3.05) is 0 Å². The second-order valence-corrected chi connectivity index (χ2v) is 4.85. The fourth-order valence-electron chi connectivity index (χ4n) is 1.88. The minimum absolute atomic E-state index is 0.542. The molecule has 2 nitrogen and oxygen atoms in total. The maximum atomic E-state index is 10.2. The normalized spacial score (nSPS) is 12.8. The lowest BCUT2D eigenvalue weighted by Crippen LogP contribution is -1.96. The van der Waals surface area contributed by atoms with Gasteiger partial charge in [-0.1, -0.05) is 18.2 Å². The van der Waals surface area contributed by atoms with E-state index in [2.05, 4.69) is 4.98 Å². The van der Waals surface area contributed by atoms with Gasteiger partial charge in [-0.3, -0.25) is 4.98 Å². The van der Waals surface area contributed by atoms with Gasteiger partial charge in [0.25, 0.3) is 0 Å². The van der Waals surface area contributed by atoms with Crippen LogP contribution in [-0.2, 0) is 0 Å². The number of nitrogens with zero attached hydrogens (tertiary/aromatic N) is 1. The SMILES string of the molecule is OC(c1ccc2ncccc2c1)c1cccs1. The number of rotatable bonds is 2. The van der Waals surface area contributed by atoms with Crippen LogP contribution in [0.2, 0.25) is 0 Å². The van der Waals surface area contributed by atoms with Gasteiger partial charge < -0.3 is 5.11 Å². The van der Waals surface area contributed by atoms with Crippen LogP contribution >= 0.6 is 11.3 Å². The molecule has 0 saturated heterocycles. The maximum Gasteiger partial charge on any atom is 0.113 e. The predicted molar refractivity (Wildman–Crippen MR) is 70.1 cm³/mol. The number of thiophene rings is 1. The molecule has 3 heteroatoms. The molecule has 1 N–H and O–H groups in total. The maximum absolute atomic E-state index is 10.2. The molecule has 0 saturated carbocycles. The highest BCUT2D eigenvalue weighted by molar-refractivity contribution is 7.10. The number of pyridine rings is 1. The first-order chi connectivity index (χ1) is 8.34. The summed E-state index contributed by atoms with van der Waals surface area (Å²) in [5, 5.41) is 13.3. The summed E-state index contributed by atoms with van der Waals surface area (Å²) in [7, 11) is 0. The first-order valence-electron chi connectivity index (χ1n) is 5.41. The first-order valence-corrected chi connectivity index (χ1v) is 6.29. The van der Waals surface area contributed by atoms with Gasteiger partial charge in [0, 0.05) is 16.5 Å². The summed E-state index contributed by atoms with van der Waals surface area (Å²) >= 11 is 1.57. The van der Waals surface area contributed by atoms with E-state index in [0.717, 1.165) is 21.3 Å². The van der Waals surface area contributed by atoms with Crippen molar-refractivity contribution in [1.82, 2.24) is 4.98 Å². The van der Waals surface area contributed by atoms with Crippen molar-refractivity contribution in [1.29, 1.82) is 0 Å². The highest BCUT2D eigenvalue weighted by atomic mass is 32.1. The summed E-state index contributed by atoms with van der Waals surface area (Å²) in [5.74, 6) is 0. The average molecular weight is 241 g/mol. The van der Waals surface area contributed by atoms with E-state index in [1.807, 2.05) is 47.8 Å². The Kier molecular flexibility index (Phi) is 2.63. The predicted octanol–water partition coefficient (Wildman–Crippen LogP) is 3.38. The van der Waals surface area contributed by atoms with Crippen LogP contribution in [-0.4, -0.2) is 10.1 Å². The summed E-state index contributed by atoms with van der Waals surface area (Å²) in [6, 6.07) is 13.7. The van der Waals surface area contributed by atoms with E-state index in [1.165, 1.54) is 0 Å². The molecule has 0 radical (unpaired) electrons. The van der Waals surface area contributed by atoms with Gasteiger partial charge in [0.2, 0.25) is 0 Å². The van der Waals surface area contributed by atoms with Crippen LogP contribution in [0.25, 0.3) is 10.9 Å². The quantitative estimate of drug-likeness (QED) is 0.746. The number of aliphatic hydroxyl groups is 1. The van der Waals surface area contributed by atoms with Crippen LogP contribution in [0, 0.1) is 0 Å². The molecule has 0 bridgehead atoms. The molecule has 0 amide bonds. The van der Waals surface area contributed by atoms with Gasteiger partial charge in [0.1, 0.15) is 6.10 Å². The van der Waals surface area contributed by atoms with Crippen molar-refractivity contribution in [2.45, 2.75) is 6.10 Å². The topological polar surface area (TPSA) is 33.1 Å². The van der Waals surface area contributed by atoms with Crippen molar-refractivity contribution in [2.24, 2.45) is 0 Å². The Hall–Kier alpha value is -1.71. The molecule has 0 aliphatic rings. The third-order valence-corrected chi connectivity index (χ3v) is 3.68. The van der Waals surface area contributed by atoms with Crippen molar-refractivity contribution in [3.05, 3.63) is 64.5 Å². The molecule has 3 aromatic rings. The van der Waals surface area contributed by atoms with Crippen molar-refractivity contribution < 1.29 is 5.11 Å². The van der Waals surface area contributed by atoms with Gasteiger partial charge in [-0.15, -0.1) is 11.3 Å². The molecule has 2 heterocycles. The Balaban J connectivity index is 2.06. The second-order valence-electron chi connectivity index (χ2n) is 3.87. The lowest BCUT2D eigenvalue weighted by molar-refractivity contribution is 0.224. The number of hydrogen-bond donors (Lipinski definition) is 1. The smallest absolute Gasteiger partial charge is 0.113 e. The fourth-order valence-corrected chi connectivity index (χ4v) is 2.61. The van der Waals surface area contributed by atoms with Gasteiger partial charge >= 0.3 is 0 Å². The summed E-state index contributed by atoms with van der Waals surface area (Å²) < 4.78 is 0. The Labute approximate surface area is 103 Å². The molecular weight excluding hydrogens is 230 g/mol. The number of aliphatic hydroxyl groups excluding tert-OH is 1. The van der Waals surface area contributed by atoms with Gasteiger partial charge in [-0.2, -0.15) is 0 Å². The highest BCUT2D eigenvalue weighted by Crippen LogP contribution is 2.27. The van der Waals surface area contributed by atoms with Crippen molar-refractivity contribution >= 4 is 22.2 Å². The molecule has 0 fully saturated rings. The Bertz CT molecular complexity index is 634. The zero-order chi connectivity index (χ0) is 11.7. The van der Waals surface area contributed by atoms with Gasteiger partial charge in [0.15, 0.2) is 0 Å². The van der Waals surface area contributed by atoms with E-state index < -0.39 is 6.10 Å². The summed E-state index contributed by atoms with van der Waals surface area (Å²) in [6.45, 7) is 0. The summed E-state index contributed by atoms with van der Waals surface area (Å²) in [5.41, 5.74) is 1.86. The van der Waals surface area contributed by atoms with Crippen LogP contribution in [0.1, 0.15) is 16.5 Å². The Morgan fingerprint density at radius 3 is 2.88 bits per heavy atom. The van der Waals surface area contributed by atoms with E-state index in [4.69, 9.17) is 0 Å². The van der Waals surface area contributed by atoms with Crippen LogP contribution in [0.5, 0.6) is 0 Å². The molecule has 0 aliphatic heterocycles. The number of aromatic nitrogens is 1. The van der Waals surface area contributed by atoms with Crippen LogP contribution < -0.4 is 0 Å². The molecular formula is C14H11NOS. The van der Waals surface area contributed by atoms with E-state index in [9.17, 15) is 5.11 Å². The van der Waals surface area contributed by atoms with Crippen molar-refractivity contribution in [3.8, 4) is 0 Å². The van der Waals surface area contributed by atoms with Gasteiger partial charge in [0.05, 0.1) is 5.52 Å². The third kappa shape index (κ3) is 1.95. The molecule has 84 valence electrons. The van der Waals surface area contributed by atoms with E-state index >= 15 is 0 Å². The lowest BCUT2D eigenvalue weighted by Gasteiger charge is -2.09. The van der Waals surface area contributed by atoms with Gasteiger partial charge in [-0.25, -0.2) is 0 Å². The van der Waals surface area contributed by atoms with E-state index in [0.29, 0.717) is 0 Å². The minimum Gasteiger partial charge on any atom is -0.383 e. The van der Waals surface area contributed by atoms with Crippen LogP contribution in [0.4, 0.5) is 0 Å². The molecule has 1 atom stereocenters. The van der Waals surface area contributed by atoms with Crippen molar-refractivity contribution in [3.63, 3.8) is 0 Å². The fraction of sp³-hybridized carbons (Fsp3) is 0.0714. The average Bonchev–Trinajstić information content (AvgIpc) is 2.91. The Morgan fingerprint density at radius 2 is 2.06 bits per heavy atom. The lowest BCUT2D eigenvalue weighted by atomic mass is 10.1. The highest BCUT2D eigenvalue weighted by Gasteiger charge is 2.11. The number of fused-ring (bicyclic) bond motifs is 1. The second kappa shape index (κ2) is 4.28. The summed E-state index contributed by atoms with van der Waals surface area (Å²) in [6.07, 6.45) is 1.23. The summed E-state index contributed by atoms with van der Waals surface area (Å²) in [4.78, 5) is 5.23. The molecule has 1 aromatic carbocycles. The largest absolute Gasteiger partial charge is 0.383 e. The van der Waals surface area contributed by atoms with E-state index in [-0.39, 0.29) is 0 Å². The zero-order valence-corrected chi connectivity index (χ0v) is 9.89. The monoisotopic (exact) mass is 241 g/mol. The minimum atomic E-state index is -0.542. The van der Waals surface area contributed by atoms with Gasteiger partial charge in [-0.05, 0) is 35.2 Å². The molecule has 3 rings (SSSR count). The van der Waals surface area contributed by atoms with Crippen LogP contribution in [0.15, 0.2) is 54.0 Å².